The van der Waals surface area contributed by atoms with Crippen LogP contribution in [0, 0.1) is 0 Å². The predicted molar refractivity (Wildman–Crippen MR) is 62.8 cm³/mol. The summed E-state index contributed by atoms with van der Waals surface area (Å²) in [5, 5.41) is 2.96. The standard InChI is InChI=1S/C11H17NO2S/c1-8(2)10(7-13)12-11(14)15-9-5-3-4-6-9/h7,9H,3-6H2,1-2H3,(H,12,14). The van der Waals surface area contributed by atoms with Crippen LogP contribution >= 0.6 is 11.8 Å². The SMILES string of the molecule is CC(C)=C(C=O)NC(=O)SC1CCCC1. The molecule has 3 nitrogen and oxygen atoms in total. The highest BCUT2D eigenvalue weighted by atomic mass is 32.2. The first-order valence-corrected chi connectivity index (χ1v) is 6.11. The van der Waals surface area contributed by atoms with E-state index in [1.54, 1.807) is 0 Å². The maximum absolute atomic E-state index is 11.5. The molecule has 0 spiro atoms. The van der Waals surface area contributed by atoms with Crippen LogP contribution in [-0.4, -0.2) is 16.8 Å². The zero-order chi connectivity index (χ0) is 11.3. The number of hydrogen-bond acceptors (Lipinski definition) is 3. The highest BCUT2D eigenvalue weighted by Crippen LogP contribution is 2.29. The second kappa shape index (κ2) is 5.95. The van der Waals surface area contributed by atoms with Gasteiger partial charge in [0.15, 0.2) is 6.29 Å². The van der Waals surface area contributed by atoms with Crippen molar-refractivity contribution in [2.45, 2.75) is 44.8 Å². The Hall–Kier alpha value is -0.770. The minimum absolute atomic E-state index is 0.106. The molecule has 1 amide bonds. The van der Waals surface area contributed by atoms with Crippen LogP contribution < -0.4 is 5.32 Å². The molecule has 1 aliphatic carbocycles. The second-order valence-electron chi connectivity index (χ2n) is 3.97. The van der Waals surface area contributed by atoms with Crippen molar-refractivity contribution in [3.63, 3.8) is 0 Å². The molecule has 15 heavy (non-hydrogen) atoms. The van der Waals surface area contributed by atoms with E-state index in [1.807, 2.05) is 13.8 Å². The van der Waals surface area contributed by atoms with Crippen LogP contribution in [0.25, 0.3) is 0 Å². The molecular weight excluding hydrogens is 210 g/mol. The Labute approximate surface area is 94.7 Å². The molecule has 1 saturated carbocycles. The lowest BCUT2D eigenvalue weighted by molar-refractivity contribution is -0.105. The van der Waals surface area contributed by atoms with Crippen LogP contribution in [0.4, 0.5) is 4.79 Å². The molecule has 1 N–H and O–H groups in total. The van der Waals surface area contributed by atoms with Gasteiger partial charge in [0, 0.05) is 5.25 Å². The summed E-state index contributed by atoms with van der Waals surface area (Å²) in [5.41, 5.74) is 1.23. The fraction of sp³-hybridized carbons (Fsp3) is 0.636. The molecule has 0 aromatic heterocycles. The summed E-state index contributed by atoms with van der Waals surface area (Å²) < 4.78 is 0. The van der Waals surface area contributed by atoms with Crippen molar-refractivity contribution in [2.75, 3.05) is 0 Å². The molecule has 0 bridgehead atoms. The molecule has 1 fully saturated rings. The maximum Gasteiger partial charge on any atom is 0.283 e. The van der Waals surface area contributed by atoms with E-state index in [0.717, 1.165) is 18.4 Å². The summed E-state index contributed by atoms with van der Waals surface area (Å²) in [6, 6.07) is 0. The highest BCUT2D eigenvalue weighted by Gasteiger charge is 2.19. The predicted octanol–water partition coefficient (Wildman–Crippen LogP) is 2.86. The lowest BCUT2D eigenvalue weighted by Crippen LogP contribution is -2.21. The van der Waals surface area contributed by atoms with Gasteiger partial charge in [0.25, 0.3) is 5.24 Å². The van der Waals surface area contributed by atoms with Gasteiger partial charge in [-0.2, -0.15) is 0 Å². The lowest BCUT2D eigenvalue weighted by Gasteiger charge is -2.09. The molecule has 0 aromatic carbocycles. The van der Waals surface area contributed by atoms with E-state index in [4.69, 9.17) is 0 Å². The van der Waals surface area contributed by atoms with Crippen LogP contribution in [0.2, 0.25) is 0 Å². The molecule has 0 aliphatic heterocycles. The maximum atomic E-state index is 11.5. The first kappa shape index (κ1) is 12.3. The quantitative estimate of drug-likeness (QED) is 0.595. The number of amides is 1. The normalized spacial score (nSPS) is 16.1. The van der Waals surface area contributed by atoms with E-state index in [9.17, 15) is 9.59 Å². The number of thioether (sulfide) groups is 1. The number of allylic oxidation sites excluding steroid dienone is 2. The topological polar surface area (TPSA) is 46.2 Å². The summed E-state index contributed by atoms with van der Waals surface area (Å²) in [4.78, 5) is 22.2. The van der Waals surface area contributed by atoms with Crippen LogP contribution in [0.15, 0.2) is 11.3 Å². The summed E-state index contributed by atoms with van der Waals surface area (Å²) in [7, 11) is 0. The van der Waals surface area contributed by atoms with Gasteiger partial charge >= 0.3 is 0 Å². The summed E-state index contributed by atoms with van der Waals surface area (Å²) in [6.45, 7) is 3.62. The summed E-state index contributed by atoms with van der Waals surface area (Å²) >= 11 is 1.33. The van der Waals surface area contributed by atoms with E-state index < -0.39 is 0 Å². The molecule has 0 saturated heterocycles. The average molecular weight is 227 g/mol. The number of carbonyl (C=O) groups is 2. The Morgan fingerprint density at radius 3 is 2.40 bits per heavy atom. The average Bonchev–Trinajstić information content (AvgIpc) is 2.66. The number of hydrogen-bond donors (Lipinski definition) is 1. The van der Waals surface area contributed by atoms with Crippen molar-refractivity contribution >= 4 is 23.3 Å². The van der Waals surface area contributed by atoms with Gasteiger partial charge in [-0.25, -0.2) is 0 Å². The third-order valence-corrected chi connectivity index (χ3v) is 3.59. The highest BCUT2D eigenvalue weighted by molar-refractivity contribution is 8.14. The van der Waals surface area contributed by atoms with Crippen LogP contribution in [0.1, 0.15) is 39.5 Å². The van der Waals surface area contributed by atoms with Gasteiger partial charge < -0.3 is 5.32 Å². The molecule has 0 unspecified atom stereocenters. The molecule has 0 aromatic rings. The molecule has 4 heteroatoms. The first-order valence-electron chi connectivity index (χ1n) is 5.23. The van der Waals surface area contributed by atoms with E-state index in [-0.39, 0.29) is 5.24 Å². The van der Waals surface area contributed by atoms with Crippen molar-refractivity contribution in [1.29, 1.82) is 0 Å². The molecule has 84 valence electrons. The smallest absolute Gasteiger partial charge is 0.283 e. The zero-order valence-corrected chi connectivity index (χ0v) is 10.0. The van der Waals surface area contributed by atoms with Crippen molar-refractivity contribution in [3.05, 3.63) is 11.3 Å². The molecule has 0 atom stereocenters. The Morgan fingerprint density at radius 1 is 1.33 bits per heavy atom. The number of aldehydes is 1. The largest absolute Gasteiger partial charge is 0.314 e. The zero-order valence-electron chi connectivity index (χ0n) is 9.21. The Morgan fingerprint density at radius 2 is 1.93 bits per heavy atom. The Balaban J connectivity index is 2.41. The second-order valence-corrected chi connectivity index (χ2v) is 5.24. The van der Waals surface area contributed by atoms with Crippen molar-refractivity contribution in [1.82, 2.24) is 5.32 Å². The van der Waals surface area contributed by atoms with Gasteiger partial charge in [0.2, 0.25) is 0 Å². The minimum Gasteiger partial charge on any atom is -0.314 e. The third-order valence-electron chi connectivity index (χ3n) is 2.47. The van der Waals surface area contributed by atoms with Crippen molar-refractivity contribution in [2.24, 2.45) is 0 Å². The van der Waals surface area contributed by atoms with E-state index >= 15 is 0 Å². The third kappa shape index (κ3) is 4.08. The number of carbonyl (C=O) groups excluding carboxylic acids is 2. The molecular formula is C11H17NO2S. The molecule has 1 aliphatic rings. The van der Waals surface area contributed by atoms with Gasteiger partial charge in [0.1, 0.15) is 0 Å². The fourth-order valence-electron chi connectivity index (χ4n) is 1.57. The van der Waals surface area contributed by atoms with Gasteiger partial charge in [-0.05, 0) is 32.3 Å². The fourth-order valence-corrected chi connectivity index (χ4v) is 2.61. The molecule has 1 rings (SSSR count). The van der Waals surface area contributed by atoms with Crippen LogP contribution in [-0.2, 0) is 4.79 Å². The van der Waals surface area contributed by atoms with E-state index in [2.05, 4.69) is 5.32 Å². The Bertz CT molecular complexity index is 276. The van der Waals surface area contributed by atoms with Gasteiger partial charge in [0.05, 0.1) is 5.70 Å². The van der Waals surface area contributed by atoms with Crippen LogP contribution in [0.5, 0.6) is 0 Å². The summed E-state index contributed by atoms with van der Waals surface area (Å²) in [5.74, 6) is 0. The van der Waals surface area contributed by atoms with Crippen molar-refractivity contribution in [3.8, 4) is 0 Å². The summed E-state index contributed by atoms with van der Waals surface area (Å²) in [6.07, 6.45) is 5.36. The first-order chi connectivity index (χ1) is 7.13. The number of nitrogens with one attached hydrogen (secondary N) is 1. The van der Waals surface area contributed by atoms with Gasteiger partial charge in [-0.3, -0.25) is 9.59 Å². The number of rotatable bonds is 3. The van der Waals surface area contributed by atoms with E-state index in [1.165, 1.54) is 24.6 Å². The molecule has 0 heterocycles. The van der Waals surface area contributed by atoms with E-state index in [0.29, 0.717) is 17.2 Å². The van der Waals surface area contributed by atoms with Gasteiger partial charge in [-0.15, -0.1) is 0 Å². The molecule has 0 radical (unpaired) electrons. The lowest BCUT2D eigenvalue weighted by atomic mass is 10.3. The van der Waals surface area contributed by atoms with Crippen molar-refractivity contribution < 1.29 is 9.59 Å². The Kier molecular flexibility index (Phi) is 4.88. The van der Waals surface area contributed by atoms with Gasteiger partial charge in [-0.1, -0.05) is 24.6 Å². The monoisotopic (exact) mass is 227 g/mol. The van der Waals surface area contributed by atoms with Crippen LogP contribution in [0.3, 0.4) is 0 Å². The minimum atomic E-state index is -0.106.